The smallest absolute Gasteiger partial charge is 0.234 e. The number of rotatable bonds is 6. The van der Waals surface area contributed by atoms with Gasteiger partial charge in [-0.3, -0.25) is 4.79 Å². The lowest BCUT2D eigenvalue weighted by Crippen LogP contribution is -2.14. The summed E-state index contributed by atoms with van der Waals surface area (Å²) < 4.78 is 0. The van der Waals surface area contributed by atoms with Crippen molar-refractivity contribution in [3.05, 3.63) is 29.8 Å². The van der Waals surface area contributed by atoms with Crippen LogP contribution in [0.15, 0.2) is 24.3 Å². The van der Waals surface area contributed by atoms with Crippen molar-refractivity contribution in [1.29, 1.82) is 5.26 Å². The number of hydrogen-bond acceptors (Lipinski definition) is 4. The topological polar surface area (TPSA) is 78.9 Å². The molecule has 0 aliphatic carbocycles. The van der Waals surface area contributed by atoms with Crippen LogP contribution in [0, 0.1) is 11.3 Å². The van der Waals surface area contributed by atoms with Gasteiger partial charge in [0, 0.05) is 5.69 Å². The molecule has 0 atom stereocenters. The molecule has 0 unspecified atom stereocenters. The van der Waals surface area contributed by atoms with Crippen molar-refractivity contribution in [2.24, 2.45) is 5.73 Å². The Labute approximate surface area is 105 Å². The fourth-order valence-corrected chi connectivity index (χ4v) is 1.95. The predicted molar refractivity (Wildman–Crippen MR) is 70.8 cm³/mol. The van der Waals surface area contributed by atoms with Gasteiger partial charge in [0.2, 0.25) is 5.91 Å². The highest BCUT2D eigenvalue weighted by atomic mass is 32.2. The van der Waals surface area contributed by atoms with Crippen LogP contribution in [-0.2, 0) is 4.79 Å². The van der Waals surface area contributed by atoms with Crippen LogP contribution in [0.5, 0.6) is 0 Å². The number of carbonyl (C=O) groups excluding carboxylic acids is 1. The molecule has 17 heavy (non-hydrogen) atoms. The molecule has 0 aliphatic heterocycles. The van der Waals surface area contributed by atoms with E-state index in [4.69, 9.17) is 11.0 Å². The number of amides is 1. The Kier molecular flexibility index (Phi) is 6.15. The molecule has 0 fully saturated rings. The first-order valence-corrected chi connectivity index (χ1v) is 6.49. The summed E-state index contributed by atoms with van der Waals surface area (Å²) in [5.74, 6) is 1.30. The van der Waals surface area contributed by atoms with Gasteiger partial charge in [0.15, 0.2) is 0 Å². The molecular formula is C12H15N3OS. The minimum absolute atomic E-state index is 0.0308. The number of nitriles is 1. The zero-order valence-corrected chi connectivity index (χ0v) is 10.3. The molecule has 0 bridgehead atoms. The summed E-state index contributed by atoms with van der Waals surface area (Å²) in [5.41, 5.74) is 6.66. The zero-order valence-electron chi connectivity index (χ0n) is 9.48. The third kappa shape index (κ3) is 5.38. The Bertz CT molecular complexity index is 397. The van der Waals surface area contributed by atoms with E-state index >= 15 is 0 Å². The van der Waals surface area contributed by atoms with E-state index in [9.17, 15) is 4.79 Å². The van der Waals surface area contributed by atoms with Gasteiger partial charge in [0.1, 0.15) is 0 Å². The molecule has 0 saturated heterocycles. The number of carbonyl (C=O) groups is 1. The molecule has 5 heteroatoms. The van der Waals surface area contributed by atoms with Crippen LogP contribution in [-0.4, -0.2) is 24.0 Å². The van der Waals surface area contributed by atoms with Crippen LogP contribution >= 0.6 is 11.8 Å². The number of benzene rings is 1. The number of hydrogen-bond donors (Lipinski definition) is 2. The average Bonchev–Trinajstić information content (AvgIpc) is 2.36. The molecule has 1 aromatic carbocycles. The van der Waals surface area contributed by atoms with E-state index in [1.807, 2.05) is 6.07 Å². The lowest BCUT2D eigenvalue weighted by molar-refractivity contribution is -0.113. The molecule has 1 rings (SSSR count). The van der Waals surface area contributed by atoms with Gasteiger partial charge in [-0.1, -0.05) is 0 Å². The average molecular weight is 249 g/mol. The Morgan fingerprint density at radius 1 is 1.41 bits per heavy atom. The van der Waals surface area contributed by atoms with Crippen molar-refractivity contribution in [3.8, 4) is 6.07 Å². The molecule has 3 N–H and O–H groups in total. The molecule has 0 radical (unpaired) electrons. The van der Waals surface area contributed by atoms with E-state index in [2.05, 4.69) is 5.32 Å². The third-order valence-electron chi connectivity index (χ3n) is 2.02. The van der Waals surface area contributed by atoms with Crippen molar-refractivity contribution < 1.29 is 4.79 Å². The van der Waals surface area contributed by atoms with Crippen LogP contribution in [0.25, 0.3) is 0 Å². The lowest BCUT2D eigenvalue weighted by Gasteiger charge is -2.04. The van der Waals surface area contributed by atoms with Gasteiger partial charge in [-0.15, -0.1) is 0 Å². The largest absolute Gasteiger partial charge is 0.330 e. The Morgan fingerprint density at radius 3 is 2.71 bits per heavy atom. The van der Waals surface area contributed by atoms with Gasteiger partial charge in [0.05, 0.1) is 17.4 Å². The molecule has 4 nitrogen and oxygen atoms in total. The van der Waals surface area contributed by atoms with E-state index in [-0.39, 0.29) is 5.91 Å². The van der Waals surface area contributed by atoms with Crippen LogP contribution in [0.3, 0.4) is 0 Å². The van der Waals surface area contributed by atoms with E-state index in [0.717, 1.165) is 12.2 Å². The minimum Gasteiger partial charge on any atom is -0.330 e. The molecular weight excluding hydrogens is 234 g/mol. The highest BCUT2D eigenvalue weighted by molar-refractivity contribution is 7.99. The van der Waals surface area contributed by atoms with Crippen LogP contribution in [0.2, 0.25) is 0 Å². The lowest BCUT2D eigenvalue weighted by atomic mass is 10.2. The summed E-state index contributed by atoms with van der Waals surface area (Å²) in [4.78, 5) is 11.5. The molecule has 90 valence electrons. The van der Waals surface area contributed by atoms with Crippen LogP contribution in [0.1, 0.15) is 12.0 Å². The highest BCUT2D eigenvalue weighted by Crippen LogP contribution is 2.10. The molecule has 1 aromatic rings. The quantitative estimate of drug-likeness (QED) is 0.750. The maximum absolute atomic E-state index is 11.5. The number of nitrogens with two attached hydrogens (primary N) is 1. The summed E-state index contributed by atoms with van der Waals surface area (Å²) in [6.45, 7) is 0.657. The van der Waals surface area contributed by atoms with Crippen molar-refractivity contribution in [2.75, 3.05) is 23.4 Å². The van der Waals surface area contributed by atoms with E-state index in [0.29, 0.717) is 23.5 Å². The summed E-state index contributed by atoms with van der Waals surface area (Å²) >= 11 is 1.57. The van der Waals surface area contributed by atoms with Crippen molar-refractivity contribution in [2.45, 2.75) is 6.42 Å². The molecule has 1 amide bonds. The van der Waals surface area contributed by atoms with Crippen molar-refractivity contribution in [1.82, 2.24) is 0 Å². The Balaban J connectivity index is 2.32. The fraction of sp³-hybridized carbons (Fsp3) is 0.333. The summed E-state index contributed by atoms with van der Waals surface area (Å²) in [6, 6.07) is 8.83. The second-order valence-electron chi connectivity index (χ2n) is 3.43. The standard InChI is InChI=1S/C12H15N3OS/c13-6-1-7-17-9-12(16)15-11-4-2-10(8-14)3-5-11/h2-5H,1,6-7,9,13H2,(H,15,16). The van der Waals surface area contributed by atoms with Gasteiger partial charge in [0.25, 0.3) is 0 Å². The number of nitrogens with zero attached hydrogens (tertiary/aromatic N) is 1. The number of thioether (sulfide) groups is 1. The Hall–Kier alpha value is -1.51. The Morgan fingerprint density at radius 2 is 2.12 bits per heavy atom. The van der Waals surface area contributed by atoms with Gasteiger partial charge < -0.3 is 11.1 Å². The molecule has 0 spiro atoms. The van der Waals surface area contributed by atoms with E-state index < -0.39 is 0 Å². The third-order valence-corrected chi connectivity index (χ3v) is 3.07. The summed E-state index contributed by atoms with van der Waals surface area (Å²) in [5, 5.41) is 11.4. The first kappa shape index (κ1) is 13.6. The SMILES string of the molecule is N#Cc1ccc(NC(=O)CSCCCN)cc1. The predicted octanol–water partition coefficient (Wildman–Crippen LogP) is 1.58. The van der Waals surface area contributed by atoms with Crippen LogP contribution in [0.4, 0.5) is 5.69 Å². The normalized spacial score (nSPS) is 9.65. The van der Waals surface area contributed by atoms with E-state index in [1.165, 1.54) is 0 Å². The van der Waals surface area contributed by atoms with Crippen molar-refractivity contribution in [3.63, 3.8) is 0 Å². The summed E-state index contributed by atoms with van der Waals surface area (Å²) in [7, 11) is 0. The monoisotopic (exact) mass is 249 g/mol. The highest BCUT2D eigenvalue weighted by Gasteiger charge is 2.02. The maximum Gasteiger partial charge on any atom is 0.234 e. The van der Waals surface area contributed by atoms with E-state index in [1.54, 1.807) is 36.0 Å². The number of nitrogens with one attached hydrogen (secondary N) is 1. The maximum atomic E-state index is 11.5. The summed E-state index contributed by atoms with van der Waals surface area (Å²) in [6.07, 6.45) is 0.925. The van der Waals surface area contributed by atoms with Gasteiger partial charge in [-0.25, -0.2) is 0 Å². The number of anilines is 1. The second-order valence-corrected chi connectivity index (χ2v) is 4.54. The zero-order chi connectivity index (χ0) is 12.5. The van der Waals surface area contributed by atoms with Gasteiger partial charge in [-0.05, 0) is 43.0 Å². The second kappa shape index (κ2) is 7.71. The van der Waals surface area contributed by atoms with Crippen LogP contribution < -0.4 is 11.1 Å². The van der Waals surface area contributed by atoms with Gasteiger partial charge >= 0.3 is 0 Å². The molecule has 0 saturated carbocycles. The van der Waals surface area contributed by atoms with Gasteiger partial charge in [-0.2, -0.15) is 17.0 Å². The fourth-order valence-electron chi connectivity index (χ4n) is 1.18. The van der Waals surface area contributed by atoms with Crippen molar-refractivity contribution >= 4 is 23.4 Å². The molecule has 0 heterocycles. The first-order valence-electron chi connectivity index (χ1n) is 5.34. The molecule has 0 aliphatic rings. The first-order chi connectivity index (χ1) is 8.26. The molecule has 0 aromatic heterocycles. The minimum atomic E-state index is -0.0308.